The summed E-state index contributed by atoms with van der Waals surface area (Å²) in [7, 11) is 0. The molecule has 0 atom stereocenters. The van der Waals surface area contributed by atoms with Gasteiger partial charge in [0.05, 0.1) is 5.70 Å². The van der Waals surface area contributed by atoms with Gasteiger partial charge in [-0.2, -0.15) is 0 Å². The van der Waals surface area contributed by atoms with Gasteiger partial charge < -0.3 is 4.42 Å². The lowest BCUT2D eigenvalue weighted by Crippen LogP contribution is -2.35. The summed E-state index contributed by atoms with van der Waals surface area (Å²) in [6.45, 7) is 0. The number of para-hydroxylation sites is 2. The Bertz CT molecular complexity index is 1290. The molecule has 5 rings (SSSR count). The SMILES string of the molecule is O=C(NNC1=CC(=O)c2ccccc21)c1ccc(CSc2nc3ccccc3o2)cc1. The number of aromatic nitrogens is 1. The van der Waals surface area contributed by atoms with Crippen molar-refractivity contribution in [1.29, 1.82) is 0 Å². The number of carbonyl (C=O) groups excluding carboxylic acids is 2. The van der Waals surface area contributed by atoms with E-state index in [0.29, 0.717) is 27.8 Å². The monoisotopic (exact) mass is 427 g/mol. The van der Waals surface area contributed by atoms with Crippen molar-refractivity contribution in [3.63, 3.8) is 0 Å². The number of thioether (sulfide) groups is 1. The van der Waals surface area contributed by atoms with E-state index in [4.69, 9.17) is 4.42 Å². The van der Waals surface area contributed by atoms with Crippen molar-refractivity contribution in [2.45, 2.75) is 11.0 Å². The van der Waals surface area contributed by atoms with Crippen LogP contribution < -0.4 is 10.9 Å². The molecule has 1 heterocycles. The first kappa shape index (κ1) is 19.1. The van der Waals surface area contributed by atoms with Crippen LogP contribution in [0.1, 0.15) is 31.8 Å². The second kappa shape index (κ2) is 8.12. The van der Waals surface area contributed by atoms with Crippen molar-refractivity contribution < 1.29 is 14.0 Å². The van der Waals surface area contributed by atoms with Gasteiger partial charge in [-0.05, 0) is 29.8 Å². The first-order chi connectivity index (χ1) is 15.2. The maximum absolute atomic E-state index is 12.5. The number of rotatable bonds is 6. The smallest absolute Gasteiger partial charge is 0.269 e. The number of allylic oxidation sites excluding steroid dienone is 1. The van der Waals surface area contributed by atoms with Gasteiger partial charge in [0.15, 0.2) is 11.4 Å². The minimum Gasteiger partial charge on any atom is -0.431 e. The third kappa shape index (κ3) is 3.95. The molecule has 1 amide bonds. The number of oxazole rings is 1. The Kier molecular flexibility index (Phi) is 5.01. The van der Waals surface area contributed by atoms with E-state index in [1.165, 1.54) is 17.8 Å². The highest BCUT2D eigenvalue weighted by Crippen LogP contribution is 2.26. The fraction of sp³-hybridized carbons (Fsp3) is 0.0417. The van der Waals surface area contributed by atoms with E-state index in [0.717, 1.165) is 22.2 Å². The van der Waals surface area contributed by atoms with Crippen LogP contribution >= 0.6 is 11.8 Å². The molecule has 7 heteroatoms. The average Bonchev–Trinajstić information content (AvgIpc) is 3.37. The molecular weight excluding hydrogens is 410 g/mol. The Morgan fingerprint density at radius 1 is 0.935 bits per heavy atom. The van der Waals surface area contributed by atoms with Crippen LogP contribution in [0.5, 0.6) is 0 Å². The summed E-state index contributed by atoms with van der Waals surface area (Å²) in [5.41, 5.74) is 10.7. The molecule has 0 saturated carbocycles. The average molecular weight is 427 g/mol. The molecule has 4 aromatic rings. The number of hydrogen-bond donors (Lipinski definition) is 2. The largest absolute Gasteiger partial charge is 0.431 e. The topological polar surface area (TPSA) is 84.2 Å². The van der Waals surface area contributed by atoms with Gasteiger partial charge in [-0.1, -0.05) is 60.3 Å². The Morgan fingerprint density at radius 2 is 1.68 bits per heavy atom. The molecule has 0 spiro atoms. The number of carbonyl (C=O) groups is 2. The highest BCUT2D eigenvalue weighted by atomic mass is 32.2. The van der Waals surface area contributed by atoms with Gasteiger partial charge in [0, 0.05) is 28.5 Å². The fourth-order valence-corrected chi connectivity index (χ4v) is 4.12. The Labute approximate surface area is 182 Å². The zero-order chi connectivity index (χ0) is 21.2. The molecule has 0 radical (unpaired) electrons. The van der Waals surface area contributed by atoms with Gasteiger partial charge in [-0.25, -0.2) is 4.98 Å². The lowest BCUT2D eigenvalue weighted by Gasteiger charge is -2.10. The maximum atomic E-state index is 12.5. The summed E-state index contributed by atoms with van der Waals surface area (Å²) in [6, 6.07) is 22.3. The van der Waals surface area contributed by atoms with Crippen molar-refractivity contribution >= 4 is 40.2 Å². The quantitative estimate of drug-likeness (QED) is 0.346. The lowest BCUT2D eigenvalue weighted by atomic mass is 10.1. The number of ketones is 1. The van der Waals surface area contributed by atoms with Crippen LogP contribution in [0.4, 0.5) is 0 Å². The third-order valence-electron chi connectivity index (χ3n) is 4.92. The maximum Gasteiger partial charge on any atom is 0.269 e. The molecule has 31 heavy (non-hydrogen) atoms. The van der Waals surface area contributed by atoms with Crippen molar-refractivity contribution in [3.8, 4) is 0 Å². The molecule has 3 aromatic carbocycles. The van der Waals surface area contributed by atoms with Crippen molar-refractivity contribution in [2.24, 2.45) is 0 Å². The van der Waals surface area contributed by atoms with Crippen LogP contribution in [0, 0.1) is 0 Å². The molecular formula is C24H17N3O3S. The summed E-state index contributed by atoms with van der Waals surface area (Å²) >= 11 is 1.50. The third-order valence-corrected chi connectivity index (χ3v) is 5.82. The molecule has 6 nitrogen and oxygen atoms in total. The predicted octanol–water partition coefficient (Wildman–Crippen LogP) is 4.59. The number of nitrogens with zero attached hydrogens (tertiary/aromatic N) is 1. The number of hydrogen-bond acceptors (Lipinski definition) is 6. The number of hydrazine groups is 1. The molecule has 0 fully saturated rings. The Balaban J connectivity index is 1.18. The second-order valence-electron chi connectivity index (χ2n) is 6.98. The molecule has 1 aromatic heterocycles. The Morgan fingerprint density at radius 3 is 2.48 bits per heavy atom. The normalized spacial score (nSPS) is 12.5. The summed E-state index contributed by atoms with van der Waals surface area (Å²) in [5, 5.41) is 0.617. The molecule has 0 bridgehead atoms. The van der Waals surface area contributed by atoms with E-state index >= 15 is 0 Å². The summed E-state index contributed by atoms with van der Waals surface area (Å²) in [4.78, 5) is 28.9. The van der Waals surface area contributed by atoms with Gasteiger partial charge in [0.1, 0.15) is 5.52 Å². The zero-order valence-corrected chi connectivity index (χ0v) is 17.1. The molecule has 0 unspecified atom stereocenters. The molecule has 1 aliphatic rings. The minimum absolute atomic E-state index is 0.0758. The highest BCUT2D eigenvalue weighted by molar-refractivity contribution is 7.98. The number of fused-ring (bicyclic) bond motifs is 2. The highest BCUT2D eigenvalue weighted by Gasteiger charge is 2.20. The van der Waals surface area contributed by atoms with Crippen LogP contribution in [0.2, 0.25) is 0 Å². The van der Waals surface area contributed by atoms with E-state index < -0.39 is 0 Å². The Hall–Kier alpha value is -3.84. The van der Waals surface area contributed by atoms with Gasteiger partial charge in [0.25, 0.3) is 11.1 Å². The fourth-order valence-electron chi connectivity index (χ4n) is 3.33. The van der Waals surface area contributed by atoms with Crippen molar-refractivity contribution in [1.82, 2.24) is 15.8 Å². The van der Waals surface area contributed by atoms with E-state index in [1.54, 1.807) is 18.2 Å². The molecule has 0 saturated heterocycles. The van der Waals surface area contributed by atoms with Crippen molar-refractivity contribution in [2.75, 3.05) is 0 Å². The van der Waals surface area contributed by atoms with Gasteiger partial charge >= 0.3 is 0 Å². The number of amides is 1. The van der Waals surface area contributed by atoms with Crippen LogP contribution in [-0.4, -0.2) is 16.7 Å². The molecule has 152 valence electrons. The molecule has 0 aliphatic heterocycles. The van der Waals surface area contributed by atoms with Crippen LogP contribution in [0.3, 0.4) is 0 Å². The summed E-state index contributed by atoms with van der Waals surface area (Å²) in [5.74, 6) is 0.322. The van der Waals surface area contributed by atoms with Crippen LogP contribution in [-0.2, 0) is 5.75 Å². The van der Waals surface area contributed by atoms with Gasteiger partial charge in [0.2, 0.25) is 0 Å². The van der Waals surface area contributed by atoms with Gasteiger partial charge in [-0.3, -0.25) is 20.4 Å². The summed E-state index contributed by atoms with van der Waals surface area (Å²) < 4.78 is 5.72. The number of benzene rings is 3. The van der Waals surface area contributed by atoms with E-state index in [9.17, 15) is 9.59 Å². The van der Waals surface area contributed by atoms with E-state index in [2.05, 4.69) is 15.8 Å². The van der Waals surface area contributed by atoms with Crippen molar-refractivity contribution in [3.05, 3.63) is 101 Å². The van der Waals surface area contributed by atoms with E-state index in [1.807, 2.05) is 54.6 Å². The zero-order valence-electron chi connectivity index (χ0n) is 16.3. The standard InChI is InChI=1S/C24H17N3O3S/c28-21-13-20(17-5-1-2-6-18(17)21)26-27-23(29)16-11-9-15(10-12-16)14-31-24-25-19-7-3-4-8-22(19)30-24/h1-13,26H,14H2,(H,27,29). The first-order valence-corrected chi connectivity index (χ1v) is 10.6. The second-order valence-corrected chi connectivity index (χ2v) is 7.91. The van der Waals surface area contributed by atoms with Crippen LogP contribution in [0.25, 0.3) is 16.8 Å². The lowest BCUT2D eigenvalue weighted by molar-refractivity contribution is 0.0941. The summed E-state index contributed by atoms with van der Waals surface area (Å²) in [6.07, 6.45) is 1.48. The van der Waals surface area contributed by atoms with Gasteiger partial charge in [-0.15, -0.1) is 0 Å². The first-order valence-electron chi connectivity index (χ1n) is 9.66. The predicted molar refractivity (Wildman–Crippen MR) is 119 cm³/mol. The minimum atomic E-state index is -0.282. The molecule has 2 N–H and O–H groups in total. The van der Waals surface area contributed by atoms with Crippen LogP contribution in [0.15, 0.2) is 88.5 Å². The number of nitrogens with one attached hydrogen (secondary N) is 2. The van der Waals surface area contributed by atoms with E-state index in [-0.39, 0.29) is 11.7 Å². The molecule has 1 aliphatic carbocycles.